The van der Waals surface area contributed by atoms with E-state index in [1.54, 1.807) is 0 Å². The second kappa shape index (κ2) is 8.30. The molecule has 0 fully saturated rings. The summed E-state index contributed by atoms with van der Waals surface area (Å²) in [5.41, 5.74) is -3.10. The maximum atomic E-state index is 13.5. The van der Waals surface area contributed by atoms with E-state index in [1.807, 2.05) is 0 Å². The first-order valence-corrected chi connectivity index (χ1v) is 10.2. The lowest BCUT2D eigenvalue weighted by atomic mass is 9.98. The monoisotopic (exact) mass is 481 g/mol. The summed E-state index contributed by atoms with van der Waals surface area (Å²) in [6.45, 7) is 1.50. The molecule has 0 spiro atoms. The summed E-state index contributed by atoms with van der Waals surface area (Å²) in [5.74, 6) is -0.899. The molecular formula is C23H17F6N3O2. The highest BCUT2D eigenvalue weighted by Gasteiger charge is 2.35. The van der Waals surface area contributed by atoms with Gasteiger partial charge in [0.05, 0.1) is 16.8 Å². The number of carbonyl (C=O) groups excluding carboxylic acids is 1. The number of rotatable bonds is 2. The molecule has 0 unspecified atom stereocenters. The van der Waals surface area contributed by atoms with E-state index in [1.165, 1.54) is 19.1 Å². The van der Waals surface area contributed by atoms with E-state index in [9.17, 15) is 35.9 Å². The number of nitrogens with zero attached hydrogens (tertiary/aromatic N) is 3. The summed E-state index contributed by atoms with van der Waals surface area (Å²) in [5, 5.41) is 3.95. The van der Waals surface area contributed by atoms with E-state index in [4.69, 9.17) is 0 Å². The van der Waals surface area contributed by atoms with Crippen molar-refractivity contribution in [3.63, 3.8) is 0 Å². The molecule has 3 aromatic rings. The zero-order valence-electron chi connectivity index (χ0n) is 17.7. The van der Waals surface area contributed by atoms with Crippen molar-refractivity contribution in [1.29, 1.82) is 0 Å². The van der Waals surface area contributed by atoms with Gasteiger partial charge in [0.15, 0.2) is 5.69 Å². The number of aryl methyl sites for hydroxylation is 2. The average Bonchev–Trinajstić information content (AvgIpc) is 2.77. The smallest absolute Gasteiger partial charge is 0.307 e. The van der Waals surface area contributed by atoms with Crippen LogP contribution in [0.3, 0.4) is 0 Å². The molecular weight excluding hydrogens is 464 g/mol. The average molecular weight is 481 g/mol. The Morgan fingerprint density at radius 1 is 0.941 bits per heavy atom. The molecule has 2 aromatic carbocycles. The molecule has 1 aromatic heterocycles. The van der Waals surface area contributed by atoms with Crippen molar-refractivity contribution in [2.45, 2.75) is 32.1 Å². The summed E-state index contributed by atoms with van der Waals surface area (Å²) >= 11 is 0. The predicted molar refractivity (Wildman–Crippen MR) is 111 cm³/mol. The number of benzene rings is 2. The number of fused-ring (bicyclic) bond motifs is 1. The first-order chi connectivity index (χ1) is 15.9. The lowest BCUT2D eigenvalue weighted by molar-refractivity contribution is -0.138. The minimum atomic E-state index is -4.71. The number of carbonyl (C=O) groups is 1. The number of amides is 1. The summed E-state index contributed by atoms with van der Waals surface area (Å²) in [7, 11) is 0. The van der Waals surface area contributed by atoms with Crippen molar-refractivity contribution in [2.24, 2.45) is 0 Å². The van der Waals surface area contributed by atoms with Crippen molar-refractivity contribution in [3.8, 4) is 5.69 Å². The SMILES string of the molecule is Cc1cc(=O)c(C(=O)N2CCCc3cc(C(F)(F)F)ccc32)nn1-c1ccccc1C(F)(F)F. The molecule has 0 N–H and O–H groups in total. The highest BCUT2D eigenvalue weighted by atomic mass is 19.4. The van der Waals surface area contributed by atoms with E-state index in [2.05, 4.69) is 5.10 Å². The fourth-order valence-corrected chi connectivity index (χ4v) is 3.95. The van der Waals surface area contributed by atoms with Crippen LogP contribution in [-0.4, -0.2) is 22.2 Å². The van der Waals surface area contributed by atoms with Crippen LogP contribution in [0.4, 0.5) is 32.0 Å². The van der Waals surface area contributed by atoms with Crippen LogP contribution < -0.4 is 10.3 Å². The molecule has 0 saturated carbocycles. The molecule has 1 aliphatic heterocycles. The molecule has 1 aliphatic rings. The highest BCUT2D eigenvalue weighted by molar-refractivity contribution is 6.05. The summed E-state index contributed by atoms with van der Waals surface area (Å²) in [4.78, 5) is 27.0. The molecule has 34 heavy (non-hydrogen) atoms. The minimum absolute atomic E-state index is 0.0760. The van der Waals surface area contributed by atoms with Crippen molar-refractivity contribution < 1.29 is 31.1 Å². The van der Waals surface area contributed by atoms with E-state index in [0.717, 1.165) is 46.0 Å². The van der Waals surface area contributed by atoms with Crippen LogP contribution in [0.15, 0.2) is 53.3 Å². The molecule has 178 valence electrons. The van der Waals surface area contributed by atoms with E-state index in [0.29, 0.717) is 12.8 Å². The van der Waals surface area contributed by atoms with Gasteiger partial charge in [-0.1, -0.05) is 12.1 Å². The first kappa shape index (κ1) is 23.5. The Labute approximate surface area is 189 Å². The third kappa shape index (κ3) is 4.29. The number of aromatic nitrogens is 2. The predicted octanol–water partition coefficient (Wildman–Crippen LogP) is 5.17. The number of anilines is 1. The Morgan fingerprint density at radius 2 is 1.65 bits per heavy atom. The molecule has 4 rings (SSSR count). The van der Waals surface area contributed by atoms with Gasteiger partial charge in [-0.25, -0.2) is 4.68 Å². The molecule has 0 saturated heterocycles. The second-order valence-corrected chi connectivity index (χ2v) is 7.83. The lowest BCUT2D eigenvalue weighted by Gasteiger charge is -2.30. The van der Waals surface area contributed by atoms with Gasteiger partial charge in [-0.05, 0) is 55.7 Å². The quantitative estimate of drug-likeness (QED) is 0.475. The van der Waals surface area contributed by atoms with Gasteiger partial charge in [0, 0.05) is 24.0 Å². The zero-order chi connectivity index (χ0) is 24.8. The van der Waals surface area contributed by atoms with Crippen LogP contribution in [0.2, 0.25) is 0 Å². The highest BCUT2D eigenvalue weighted by Crippen LogP contribution is 2.36. The minimum Gasteiger partial charge on any atom is -0.307 e. The Hall–Kier alpha value is -3.63. The Morgan fingerprint density at radius 3 is 2.32 bits per heavy atom. The molecule has 11 heteroatoms. The first-order valence-electron chi connectivity index (χ1n) is 10.2. The fraction of sp³-hybridized carbons (Fsp3) is 0.261. The van der Waals surface area contributed by atoms with E-state index in [-0.39, 0.29) is 29.2 Å². The van der Waals surface area contributed by atoms with Gasteiger partial charge in [-0.3, -0.25) is 9.59 Å². The van der Waals surface area contributed by atoms with Crippen LogP contribution in [0, 0.1) is 6.92 Å². The standard InChI is InChI=1S/C23H17F6N3O2/c1-13-11-19(33)20(30-32(13)18-7-3-2-6-16(18)23(27,28)29)21(34)31-10-4-5-14-12-15(22(24,25)26)8-9-17(14)31/h2-3,6-9,11-12H,4-5,10H2,1H3. The van der Waals surface area contributed by atoms with Crippen LogP contribution in [-0.2, 0) is 18.8 Å². The maximum absolute atomic E-state index is 13.5. The zero-order valence-corrected chi connectivity index (χ0v) is 17.7. The number of alkyl halides is 6. The van der Waals surface area contributed by atoms with Gasteiger partial charge in [-0.15, -0.1) is 0 Å². The molecule has 2 heterocycles. The van der Waals surface area contributed by atoms with Crippen LogP contribution in [0.1, 0.15) is 39.3 Å². The number of para-hydroxylation sites is 1. The Bertz CT molecular complexity index is 1330. The molecule has 0 radical (unpaired) electrons. The van der Waals surface area contributed by atoms with E-state index >= 15 is 0 Å². The summed E-state index contributed by atoms with van der Waals surface area (Å²) in [6, 6.07) is 8.54. The summed E-state index contributed by atoms with van der Waals surface area (Å²) in [6.07, 6.45) is -8.62. The van der Waals surface area contributed by atoms with Crippen LogP contribution in [0.5, 0.6) is 0 Å². The third-order valence-corrected chi connectivity index (χ3v) is 5.52. The lowest BCUT2D eigenvalue weighted by Crippen LogP contribution is -2.39. The fourth-order valence-electron chi connectivity index (χ4n) is 3.95. The van der Waals surface area contributed by atoms with Gasteiger partial charge in [-0.2, -0.15) is 31.4 Å². The van der Waals surface area contributed by atoms with Crippen molar-refractivity contribution in [1.82, 2.24) is 9.78 Å². The molecule has 0 bridgehead atoms. The van der Waals surface area contributed by atoms with Crippen molar-refractivity contribution >= 4 is 11.6 Å². The Balaban J connectivity index is 1.80. The van der Waals surface area contributed by atoms with Gasteiger partial charge < -0.3 is 4.90 Å². The topological polar surface area (TPSA) is 55.2 Å². The second-order valence-electron chi connectivity index (χ2n) is 7.83. The van der Waals surface area contributed by atoms with Gasteiger partial charge in [0.25, 0.3) is 5.91 Å². The number of halogens is 6. The largest absolute Gasteiger partial charge is 0.418 e. The van der Waals surface area contributed by atoms with Gasteiger partial charge >= 0.3 is 12.4 Å². The Kier molecular flexibility index (Phi) is 5.74. The maximum Gasteiger partial charge on any atom is 0.418 e. The molecule has 0 atom stereocenters. The normalized spacial score (nSPS) is 14.1. The van der Waals surface area contributed by atoms with Gasteiger partial charge in [0.2, 0.25) is 5.43 Å². The molecule has 0 aliphatic carbocycles. The number of hydrogen-bond donors (Lipinski definition) is 0. The van der Waals surface area contributed by atoms with Crippen molar-refractivity contribution in [3.05, 3.63) is 86.8 Å². The van der Waals surface area contributed by atoms with Crippen LogP contribution >= 0.6 is 0 Å². The van der Waals surface area contributed by atoms with E-state index < -0.39 is 40.5 Å². The summed E-state index contributed by atoms with van der Waals surface area (Å²) < 4.78 is 80.7. The van der Waals surface area contributed by atoms with Crippen LogP contribution in [0.25, 0.3) is 5.69 Å². The molecule has 5 nitrogen and oxygen atoms in total. The number of hydrogen-bond acceptors (Lipinski definition) is 3. The van der Waals surface area contributed by atoms with Crippen molar-refractivity contribution in [2.75, 3.05) is 11.4 Å². The molecule has 1 amide bonds. The third-order valence-electron chi connectivity index (χ3n) is 5.52. The van der Waals surface area contributed by atoms with Gasteiger partial charge in [0.1, 0.15) is 0 Å².